The van der Waals surface area contributed by atoms with Crippen LogP contribution >= 0.6 is 0 Å². The molecule has 0 saturated carbocycles. The average Bonchev–Trinajstić information content (AvgIpc) is 3.29. The van der Waals surface area contributed by atoms with Gasteiger partial charge in [0, 0.05) is 0 Å². The van der Waals surface area contributed by atoms with E-state index in [1.165, 1.54) is 0 Å². The molecule has 0 atom stereocenters. The van der Waals surface area contributed by atoms with Crippen molar-refractivity contribution in [2.45, 2.75) is 96.2 Å². The van der Waals surface area contributed by atoms with Crippen LogP contribution in [0.4, 0.5) is 0 Å². The highest BCUT2D eigenvalue weighted by Gasteiger charge is 2.22. The van der Waals surface area contributed by atoms with Crippen molar-refractivity contribution in [2.75, 3.05) is 0 Å². The molecule has 0 amide bonds. The van der Waals surface area contributed by atoms with Gasteiger partial charge in [0.2, 0.25) is 0 Å². The van der Waals surface area contributed by atoms with Crippen molar-refractivity contribution < 1.29 is 5.11 Å². The van der Waals surface area contributed by atoms with Gasteiger partial charge in [-0.1, -0.05) is 25.7 Å². The molecule has 2 aromatic rings. The standard InChI is InChI=1S/C17H32N8O/c1-16(2,24-13-18-20-22-24)11-7-5-9-15(26)10-6-8-12-17(3,4)25-14-19-21-23-25/h13-15,26H,5-12H2,1-4H3. The normalized spacial score (nSPS) is 12.8. The van der Waals surface area contributed by atoms with E-state index in [2.05, 4.69) is 58.7 Å². The summed E-state index contributed by atoms with van der Waals surface area (Å²) in [6.45, 7) is 8.52. The van der Waals surface area contributed by atoms with Gasteiger partial charge in [0.25, 0.3) is 0 Å². The number of aliphatic hydroxyl groups excluding tert-OH is 1. The summed E-state index contributed by atoms with van der Waals surface area (Å²) in [4.78, 5) is 0. The van der Waals surface area contributed by atoms with Crippen LogP contribution in [0.2, 0.25) is 0 Å². The lowest BCUT2D eigenvalue weighted by Gasteiger charge is -2.24. The van der Waals surface area contributed by atoms with Gasteiger partial charge < -0.3 is 5.11 Å². The molecule has 0 aliphatic heterocycles. The highest BCUT2D eigenvalue weighted by Crippen LogP contribution is 2.23. The molecule has 9 heteroatoms. The van der Waals surface area contributed by atoms with Crippen LogP contribution in [0.5, 0.6) is 0 Å². The van der Waals surface area contributed by atoms with Crippen LogP contribution in [0.25, 0.3) is 0 Å². The summed E-state index contributed by atoms with van der Waals surface area (Å²) in [5.41, 5.74) is -0.174. The first-order chi connectivity index (χ1) is 12.3. The van der Waals surface area contributed by atoms with E-state index in [4.69, 9.17) is 0 Å². The molecule has 2 rings (SSSR count). The summed E-state index contributed by atoms with van der Waals surface area (Å²) in [6.07, 6.45) is 10.9. The van der Waals surface area contributed by atoms with E-state index in [1.807, 2.05) is 0 Å². The van der Waals surface area contributed by atoms with E-state index in [9.17, 15) is 5.11 Å². The molecule has 26 heavy (non-hydrogen) atoms. The maximum absolute atomic E-state index is 10.2. The van der Waals surface area contributed by atoms with Gasteiger partial charge in [-0.05, 0) is 74.2 Å². The Labute approximate surface area is 155 Å². The number of rotatable bonds is 12. The van der Waals surface area contributed by atoms with Crippen molar-refractivity contribution in [3.8, 4) is 0 Å². The molecule has 0 spiro atoms. The molecule has 0 aromatic carbocycles. The lowest BCUT2D eigenvalue weighted by Crippen LogP contribution is -2.27. The molecule has 0 radical (unpaired) electrons. The molecular weight excluding hydrogens is 332 g/mol. The van der Waals surface area contributed by atoms with E-state index < -0.39 is 0 Å². The van der Waals surface area contributed by atoms with Crippen molar-refractivity contribution in [2.24, 2.45) is 0 Å². The summed E-state index contributed by atoms with van der Waals surface area (Å²) >= 11 is 0. The van der Waals surface area contributed by atoms with Crippen LogP contribution in [0, 0.1) is 0 Å². The molecule has 146 valence electrons. The molecule has 2 aromatic heterocycles. The first kappa shape index (κ1) is 20.4. The number of hydrogen-bond donors (Lipinski definition) is 1. The number of unbranched alkanes of at least 4 members (excludes halogenated alkanes) is 2. The molecule has 0 fully saturated rings. The lowest BCUT2D eigenvalue weighted by molar-refractivity contribution is 0.143. The van der Waals surface area contributed by atoms with Crippen LogP contribution in [0.1, 0.15) is 79.1 Å². The minimum absolute atomic E-state index is 0.0871. The van der Waals surface area contributed by atoms with Gasteiger partial charge in [-0.3, -0.25) is 0 Å². The van der Waals surface area contributed by atoms with Crippen molar-refractivity contribution >= 4 is 0 Å². The summed E-state index contributed by atoms with van der Waals surface area (Å²) in [6, 6.07) is 0. The summed E-state index contributed by atoms with van der Waals surface area (Å²) in [7, 11) is 0. The first-order valence-corrected chi connectivity index (χ1v) is 9.46. The van der Waals surface area contributed by atoms with E-state index in [0.717, 1.165) is 51.4 Å². The lowest BCUT2D eigenvalue weighted by atomic mass is 9.94. The second-order valence-electron chi connectivity index (χ2n) is 8.28. The second-order valence-corrected chi connectivity index (χ2v) is 8.28. The highest BCUT2D eigenvalue weighted by molar-refractivity contribution is 4.76. The first-order valence-electron chi connectivity index (χ1n) is 9.46. The third kappa shape index (κ3) is 6.12. The molecule has 0 saturated heterocycles. The number of hydrogen-bond acceptors (Lipinski definition) is 7. The Balaban J connectivity index is 1.56. The fourth-order valence-electron chi connectivity index (χ4n) is 3.13. The predicted molar refractivity (Wildman–Crippen MR) is 97.2 cm³/mol. The Hall–Kier alpha value is -1.90. The Kier molecular flexibility index (Phi) is 7.19. The largest absolute Gasteiger partial charge is 0.393 e. The predicted octanol–water partition coefficient (Wildman–Crippen LogP) is 2.31. The molecule has 2 heterocycles. The van der Waals surface area contributed by atoms with Crippen LogP contribution in [0.3, 0.4) is 0 Å². The smallest absolute Gasteiger partial charge is 0.138 e. The van der Waals surface area contributed by atoms with E-state index in [-0.39, 0.29) is 17.2 Å². The van der Waals surface area contributed by atoms with Gasteiger partial charge in [-0.15, -0.1) is 10.2 Å². The van der Waals surface area contributed by atoms with E-state index in [1.54, 1.807) is 22.0 Å². The Morgan fingerprint density at radius 3 is 1.54 bits per heavy atom. The van der Waals surface area contributed by atoms with Crippen LogP contribution in [0.15, 0.2) is 12.7 Å². The number of aromatic nitrogens is 8. The van der Waals surface area contributed by atoms with Gasteiger partial charge >= 0.3 is 0 Å². The Morgan fingerprint density at radius 2 is 1.19 bits per heavy atom. The second kappa shape index (κ2) is 9.16. The Morgan fingerprint density at radius 1 is 0.769 bits per heavy atom. The number of nitrogens with zero attached hydrogens (tertiary/aromatic N) is 8. The maximum Gasteiger partial charge on any atom is 0.138 e. The zero-order chi connectivity index (χ0) is 19.0. The fraction of sp³-hybridized carbons (Fsp3) is 0.882. The molecular formula is C17H32N8O. The van der Waals surface area contributed by atoms with Gasteiger partial charge in [0.05, 0.1) is 17.2 Å². The molecule has 0 bridgehead atoms. The highest BCUT2D eigenvalue weighted by atomic mass is 16.3. The van der Waals surface area contributed by atoms with E-state index in [0.29, 0.717) is 0 Å². The van der Waals surface area contributed by atoms with Crippen LogP contribution in [-0.2, 0) is 11.1 Å². The fourth-order valence-corrected chi connectivity index (χ4v) is 3.13. The van der Waals surface area contributed by atoms with Gasteiger partial charge in [0.15, 0.2) is 0 Å². The zero-order valence-electron chi connectivity index (χ0n) is 16.4. The van der Waals surface area contributed by atoms with Gasteiger partial charge in [0.1, 0.15) is 12.7 Å². The molecule has 0 aliphatic carbocycles. The van der Waals surface area contributed by atoms with Gasteiger partial charge in [-0.2, -0.15) is 0 Å². The van der Waals surface area contributed by atoms with E-state index >= 15 is 0 Å². The maximum atomic E-state index is 10.2. The topological polar surface area (TPSA) is 107 Å². The average molecular weight is 364 g/mol. The molecule has 0 unspecified atom stereocenters. The molecule has 1 N–H and O–H groups in total. The quantitative estimate of drug-likeness (QED) is 0.576. The zero-order valence-corrected chi connectivity index (χ0v) is 16.4. The van der Waals surface area contributed by atoms with Crippen LogP contribution in [-0.4, -0.2) is 51.6 Å². The molecule has 9 nitrogen and oxygen atoms in total. The SMILES string of the molecule is CC(C)(CCCCC(O)CCCCC(C)(C)n1cnnn1)n1cnnn1. The number of aliphatic hydroxyl groups is 1. The van der Waals surface area contributed by atoms with Crippen molar-refractivity contribution in [1.82, 2.24) is 40.4 Å². The van der Waals surface area contributed by atoms with Gasteiger partial charge in [-0.25, -0.2) is 9.36 Å². The summed E-state index contributed by atoms with van der Waals surface area (Å²) in [5.74, 6) is 0. The van der Waals surface area contributed by atoms with Crippen molar-refractivity contribution in [3.05, 3.63) is 12.7 Å². The monoisotopic (exact) mass is 364 g/mol. The Bertz CT molecular complexity index is 555. The summed E-state index contributed by atoms with van der Waals surface area (Å²) < 4.78 is 3.60. The number of tetrazole rings is 2. The van der Waals surface area contributed by atoms with Crippen LogP contribution < -0.4 is 0 Å². The summed E-state index contributed by atoms with van der Waals surface area (Å²) in [5, 5.41) is 33.0. The minimum atomic E-state index is -0.220. The third-order valence-electron chi connectivity index (χ3n) is 5.09. The minimum Gasteiger partial charge on any atom is -0.393 e. The van der Waals surface area contributed by atoms with Crippen molar-refractivity contribution in [3.63, 3.8) is 0 Å². The van der Waals surface area contributed by atoms with Crippen molar-refractivity contribution in [1.29, 1.82) is 0 Å². The molecule has 0 aliphatic rings. The third-order valence-corrected chi connectivity index (χ3v) is 5.09.